The third-order valence-electron chi connectivity index (χ3n) is 4.47. The Labute approximate surface area is 144 Å². The second kappa shape index (κ2) is 5.70. The monoisotopic (exact) mass is 333 g/mol. The Bertz CT molecular complexity index is 958. The van der Waals surface area contributed by atoms with E-state index in [1.54, 1.807) is 31.2 Å². The van der Waals surface area contributed by atoms with Crippen LogP contribution in [0.1, 0.15) is 28.4 Å². The van der Waals surface area contributed by atoms with Crippen molar-refractivity contribution in [3.05, 3.63) is 70.8 Å². The number of hydrogen-bond donors (Lipinski definition) is 0. The fraction of sp³-hybridized carbons (Fsp3) is 0.150. The first-order valence-electron chi connectivity index (χ1n) is 8.09. The fourth-order valence-electron chi connectivity index (χ4n) is 3.39. The summed E-state index contributed by atoms with van der Waals surface area (Å²) in [7, 11) is 0. The normalized spacial score (nSPS) is 15.5. The molecule has 0 spiro atoms. The number of nitrogens with zero attached hydrogens (tertiary/aromatic N) is 1. The average molecular weight is 333 g/mol. The quantitative estimate of drug-likeness (QED) is 0.640. The van der Waals surface area contributed by atoms with Gasteiger partial charge in [-0.25, -0.2) is 9.69 Å². The standard InChI is InChI=1S/C20H15NO4/c1-2-25-20(24)14-9-5-6-10-16(14)21-18(22)15-11-12-7-3-4-8-13(12)17(15)19(21)23/h3-10H,2,11H2,1H3. The lowest BCUT2D eigenvalue weighted by atomic mass is 10.0. The molecule has 25 heavy (non-hydrogen) atoms. The smallest absolute Gasteiger partial charge is 0.340 e. The highest BCUT2D eigenvalue weighted by Gasteiger charge is 2.44. The Balaban J connectivity index is 1.78. The number of benzene rings is 2. The molecule has 2 amide bonds. The third kappa shape index (κ3) is 2.20. The molecule has 1 heterocycles. The van der Waals surface area contributed by atoms with E-state index in [4.69, 9.17) is 4.74 Å². The predicted octanol–water partition coefficient (Wildman–Crippen LogP) is 2.75. The van der Waals surface area contributed by atoms with Gasteiger partial charge in [0.1, 0.15) is 0 Å². The number of fused-ring (bicyclic) bond motifs is 2. The predicted molar refractivity (Wildman–Crippen MR) is 92.0 cm³/mol. The number of rotatable bonds is 3. The maximum absolute atomic E-state index is 13.0. The van der Waals surface area contributed by atoms with Crippen LogP contribution in [-0.2, 0) is 20.7 Å². The Kier molecular flexibility index (Phi) is 3.50. The molecule has 1 aliphatic carbocycles. The lowest BCUT2D eigenvalue weighted by molar-refractivity contribution is -0.120. The van der Waals surface area contributed by atoms with Crippen molar-refractivity contribution in [1.29, 1.82) is 0 Å². The zero-order chi connectivity index (χ0) is 17.6. The van der Waals surface area contributed by atoms with E-state index in [0.29, 0.717) is 17.6 Å². The summed E-state index contributed by atoms with van der Waals surface area (Å²) in [5, 5.41) is 0. The highest BCUT2D eigenvalue weighted by molar-refractivity contribution is 6.47. The van der Waals surface area contributed by atoms with Crippen molar-refractivity contribution in [3.63, 3.8) is 0 Å². The van der Waals surface area contributed by atoms with Crippen LogP contribution in [0.15, 0.2) is 54.1 Å². The first-order chi connectivity index (χ1) is 12.1. The van der Waals surface area contributed by atoms with Gasteiger partial charge in [-0.1, -0.05) is 36.4 Å². The average Bonchev–Trinajstić information content (AvgIpc) is 3.12. The van der Waals surface area contributed by atoms with Crippen molar-refractivity contribution in [2.75, 3.05) is 11.5 Å². The maximum Gasteiger partial charge on any atom is 0.340 e. The van der Waals surface area contributed by atoms with Crippen LogP contribution >= 0.6 is 0 Å². The van der Waals surface area contributed by atoms with Crippen molar-refractivity contribution >= 4 is 29.0 Å². The summed E-state index contributed by atoms with van der Waals surface area (Å²) < 4.78 is 5.05. The molecule has 0 atom stereocenters. The van der Waals surface area contributed by atoms with E-state index in [2.05, 4.69) is 0 Å². The maximum atomic E-state index is 13.0. The molecular formula is C20H15NO4. The van der Waals surface area contributed by atoms with Gasteiger partial charge in [0.25, 0.3) is 11.8 Å². The zero-order valence-corrected chi connectivity index (χ0v) is 13.6. The summed E-state index contributed by atoms with van der Waals surface area (Å²) in [6.45, 7) is 1.93. The summed E-state index contributed by atoms with van der Waals surface area (Å²) in [4.78, 5) is 39.2. The molecule has 0 fully saturated rings. The highest BCUT2D eigenvalue weighted by Crippen LogP contribution is 2.41. The van der Waals surface area contributed by atoms with Gasteiger partial charge in [0.15, 0.2) is 0 Å². The van der Waals surface area contributed by atoms with Gasteiger partial charge in [-0.15, -0.1) is 0 Å². The van der Waals surface area contributed by atoms with Gasteiger partial charge in [-0.05, 0) is 30.2 Å². The van der Waals surface area contributed by atoms with Crippen LogP contribution in [0.25, 0.3) is 5.57 Å². The van der Waals surface area contributed by atoms with E-state index >= 15 is 0 Å². The van der Waals surface area contributed by atoms with Crippen LogP contribution in [0.3, 0.4) is 0 Å². The molecule has 0 unspecified atom stereocenters. The molecule has 0 saturated carbocycles. The third-order valence-corrected chi connectivity index (χ3v) is 4.47. The molecule has 1 aliphatic heterocycles. The van der Waals surface area contributed by atoms with Crippen molar-refractivity contribution < 1.29 is 19.1 Å². The molecule has 2 aliphatic rings. The van der Waals surface area contributed by atoms with Gasteiger partial charge in [-0.3, -0.25) is 9.59 Å². The molecule has 5 heteroatoms. The minimum atomic E-state index is -0.550. The second-order valence-electron chi connectivity index (χ2n) is 5.87. The van der Waals surface area contributed by atoms with E-state index in [1.807, 2.05) is 24.3 Å². The van der Waals surface area contributed by atoms with E-state index in [-0.39, 0.29) is 29.7 Å². The summed E-state index contributed by atoms with van der Waals surface area (Å²) in [6, 6.07) is 14.0. The number of para-hydroxylation sites is 1. The van der Waals surface area contributed by atoms with Gasteiger partial charge in [0, 0.05) is 12.0 Å². The number of hydrogen-bond acceptors (Lipinski definition) is 4. The highest BCUT2D eigenvalue weighted by atomic mass is 16.5. The topological polar surface area (TPSA) is 63.7 Å². The SMILES string of the molecule is CCOC(=O)c1ccccc1N1C(=O)C2=C(C1=O)c1ccccc1C2. The number of carbonyl (C=O) groups is 3. The molecule has 0 bridgehead atoms. The summed E-state index contributed by atoms with van der Waals surface area (Å²) in [6.07, 6.45) is 0.439. The van der Waals surface area contributed by atoms with Crippen molar-refractivity contribution in [2.45, 2.75) is 13.3 Å². The molecule has 0 N–H and O–H groups in total. The van der Waals surface area contributed by atoms with Gasteiger partial charge in [0.2, 0.25) is 0 Å². The molecule has 0 aromatic heterocycles. The Morgan fingerprint density at radius 1 is 1.04 bits per heavy atom. The van der Waals surface area contributed by atoms with Crippen LogP contribution in [-0.4, -0.2) is 24.4 Å². The van der Waals surface area contributed by atoms with Crippen LogP contribution in [0, 0.1) is 0 Å². The fourth-order valence-corrected chi connectivity index (χ4v) is 3.39. The van der Waals surface area contributed by atoms with Gasteiger partial charge in [0.05, 0.1) is 23.4 Å². The Hall–Kier alpha value is -3.21. The number of imide groups is 1. The number of carbonyl (C=O) groups excluding carboxylic acids is 3. The first kappa shape index (κ1) is 15.3. The molecule has 2 aromatic rings. The van der Waals surface area contributed by atoms with Crippen LogP contribution in [0.4, 0.5) is 5.69 Å². The summed E-state index contributed by atoms with van der Waals surface area (Å²) in [5.41, 5.74) is 3.19. The molecule has 5 nitrogen and oxygen atoms in total. The first-order valence-corrected chi connectivity index (χ1v) is 8.09. The van der Waals surface area contributed by atoms with Crippen molar-refractivity contribution in [1.82, 2.24) is 0 Å². The van der Waals surface area contributed by atoms with E-state index in [1.165, 1.54) is 0 Å². The minimum Gasteiger partial charge on any atom is -0.462 e. The van der Waals surface area contributed by atoms with Crippen LogP contribution < -0.4 is 4.90 Å². The van der Waals surface area contributed by atoms with Crippen molar-refractivity contribution in [3.8, 4) is 0 Å². The number of esters is 1. The van der Waals surface area contributed by atoms with Crippen LogP contribution in [0.5, 0.6) is 0 Å². The van der Waals surface area contributed by atoms with Gasteiger partial charge >= 0.3 is 5.97 Å². The lowest BCUT2D eigenvalue weighted by Crippen LogP contribution is -2.34. The van der Waals surface area contributed by atoms with Gasteiger partial charge in [-0.2, -0.15) is 0 Å². The Morgan fingerprint density at radius 2 is 1.76 bits per heavy atom. The van der Waals surface area contributed by atoms with E-state index in [0.717, 1.165) is 16.0 Å². The van der Waals surface area contributed by atoms with Crippen molar-refractivity contribution in [2.24, 2.45) is 0 Å². The molecule has 2 aromatic carbocycles. The lowest BCUT2D eigenvalue weighted by Gasteiger charge is -2.19. The second-order valence-corrected chi connectivity index (χ2v) is 5.87. The van der Waals surface area contributed by atoms with Gasteiger partial charge < -0.3 is 4.74 Å². The minimum absolute atomic E-state index is 0.209. The Morgan fingerprint density at radius 3 is 2.56 bits per heavy atom. The molecule has 0 saturated heterocycles. The van der Waals surface area contributed by atoms with Crippen LogP contribution in [0.2, 0.25) is 0 Å². The number of ether oxygens (including phenoxy) is 1. The van der Waals surface area contributed by atoms with E-state index < -0.39 is 5.97 Å². The number of amides is 2. The summed E-state index contributed by atoms with van der Waals surface area (Å²) in [5.74, 6) is -1.30. The summed E-state index contributed by atoms with van der Waals surface area (Å²) >= 11 is 0. The van der Waals surface area contributed by atoms with E-state index in [9.17, 15) is 14.4 Å². The molecule has 124 valence electrons. The molecular weight excluding hydrogens is 318 g/mol. The molecule has 4 rings (SSSR count). The molecule has 0 radical (unpaired) electrons. The zero-order valence-electron chi connectivity index (χ0n) is 13.6. The number of anilines is 1. The largest absolute Gasteiger partial charge is 0.462 e.